The summed E-state index contributed by atoms with van der Waals surface area (Å²) in [5.74, 6) is -1.73. The minimum atomic E-state index is -0.709. The Morgan fingerprint density at radius 1 is 1.07 bits per heavy atom. The summed E-state index contributed by atoms with van der Waals surface area (Å²) in [5.41, 5.74) is 5.52. The smallest absolute Gasteiger partial charge is 0.355 e. The number of methoxy groups -OCH3 is 1. The van der Waals surface area contributed by atoms with E-state index >= 15 is 0 Å². The third kappa shape index (κ3) is 4.41. The van der Waals surface area contributed by atoms with Crippen molar-refractivity contribution >= 4 is 40.3 Å². The normalized spacial score (nSPS) is 10.4. The van der Waals surface area contributed by atoms with Gasteiger partial charge >= 0.3 is 5.97 Å². The Kier molecular flexibility index (Phi) is 5.81. The van der Waals surface area contributed by atoms with Crippen molar-refractivity contribution in [2.24, 2.45) is 0 Å². The van der Waals surface area contributed by atoms with E-state index in [1.807, 2.05) is 24.3 Å². The van der Waals surface area contributed by atoms with Gasteiger partial charge in [-0.05, 0) is 30.3 Å². The largest absolute Gasteiger partial charge is 0.496 e. The van der Waals surface area contributed by atoms with E-state index in [9.17, 15) is 14.4 Å². The van der Waals surface area contributed by atoms with Gasteiger partial charge in [-0.1, -0.05) is 29.8 Å². The number of aromatic amines is 1. The first-order chi connectivity index (χ1) is 13.5. The lowest BCUT2D eigenvalue weighted by Gasteiger charge is -2.10. The average molecular weight is 402 g/mol. The van der Waals surface area contributed by atoms with Gasteiger partial charge in [-0.3, -0.25) is 20.4 Å². The quantitative estimate of drug-likeness (QED) is 0.449. The number of benzene rings is 2. The van der Waals surface area contributed by atoms with Gasteiger partial charge in [0.2, 0.25) is 0 Å². The van der Waals surface area contributed by atoms with Gasteiger partial charge in [-0.15, -0.1) is 0 Å². The number of fused-ring (bicyclic) bond motifs is 1. The number of para-hydroxylation sites is 1. The van der Waals surface area contributed by atoms with Crippen molar-refractivity contribution in [2.75, 3.05) is 13.7 Å². The summed E-state index contributed by atoms with van der Waals surface area (Å²) in [5, 5.41) is 1.19. The van der Waals surface area contributed by atoms with E-state index in [1.165, 1.54) is 19.2 Å². The fraction of sp³-hybridized carbons (Fsp3) is 0.105. The highest BCUT2D eigenvalue weighted by molar-refractivity contribution is 6.31. The summed E-state index contributed by atoms with van der Waals surface area (Å²) in [6, 6.07) is 13.5. The Bertz CT molecular complexity index is 1010. The summed E-state index contributed by atoms with van der Waals surface area (Å²) in [6.45, 7) is -0.568. The molecule has 1 heterocycles. The number of halogens is 1. The predicted molar refractivity (Wildman–Crippen MR) is 102 cm³/mol. The van der Waals surface area contributed by atoms with E-state index in [2.05, 4.69) is 15.8 Å². The first-order valence-electron chi connectivity index (χ1n) is 8.15. The number of hydrazine groups is 1. The molecule has 0 aliphatic carbocycles. The number of H-pyrrole nitrogens is 1. The second kappa shape index (κ2) is 8.45. The maximum Gasteiger partial charge on any atom is 0.355 e. The van der Waals surface area contributed by atoms with Gasteiger partial charge in [0.15, 0.2) is 6.61 Å². The molecule has 0 radical (unpaired) electrons. The van der Waals surface area contributed by atoms with Crippen LogP contribution in [-0.4, -0.2) is 36.5 Å². The molecular weight excluding hydrogens is 386 g/mol. The van der Waals surface area contributed by atoms with Crippen LogP contribution in [0.1, 0.15) is 20.8 Å². The highest BCUT2D eigenvalue weighted by atomic mass is 35.5. The molecule has 8 nitrogen and oxygen atoms in total. The Morgan fingerprint density at radius 3 is 2.61 bits per heavy atom. The molecule has 0 unspecified atom stereocenters. The predicted octanol–water partition coefficient (Wildman–Crippen LogP) is 2.45. The highest BCUT2D eigenvalue weighted by Gasteiger charge is 2.16. The van der Waals surface area contributed by atoms with Crippen LogP contribution in [0.5, 0.6) is 5.75 Å². The molecule has 0 saturated carbocycles. The van der Waals surface area contributed by atoms with Crippen LogP contribution in [-0.2, 0) is 9.53 Å². The van der Waals surface area contributed by atoms with Gasteiger partial charge < -0.3 is 14.5 Å². The van der Waals surface area contributed by atoms with Gasteiger partial charge in [-0.2, -0.15) is 0 Å². The van der Waals surface area contributed by atoms with Crippen molar-refractivity contribution < 1.29 is 23.9 Å². The number of hydrogen-bond donors (Lipinski definition) is 3. The van der Waals surface area contributed by atoms with Crippen LogP contribution in [0.3, 0.4) is 0 Å². The molecule has 0 saturated heterocycles. The molecular formula is C19H16ClN3O5. The molecule has 0 aliphatic heterocycles. The second-order valence-electron chi connectivity index (χ2n) is 5.69. The molecule has 3 aromatic rings. The van der Waals surface area contributed by atoms with Gasteiger partial charge in [0.05, 0.1) is 12.7 Å². The Hall–Kier alpha value is -3.52. The van der Waals surface area contributed by atoms with Crippen LogP contribution in [0.15, 0.2) is 48.5 Å². The number of carbonyl (C=O) groups is 3. The number of esters is 1. The fourth-order valence-electron chi connectivity index (χ4n) is 2.48. The molecule has 3 N–H and O–H groups in total. The molecule has 2 aromatic carbocycles. The second-order valence-corrected chi connectivity index (χ2v) is 6.13. The van der Waals surface area contributed by atoms with Crippen LogP contribution in [0, 0.1) is 0 Å². The van der Waals surface area contributed by atoms with E-state index in [0.29, 0.717) is 10.8 Å². The van der Waals surface area contributed by atoms with Gasteiger partial charge in [0.1, 0.15) is 11.4 Å². The van der Waals surface area contributed by atoms with Crippen LogP contribution in [0.4, 0.5) is 0 Å². The lowest BCUT2D eigenvalue weighted by molar-refractivity contribution is -0.125. The van der Waals surface area contributed by atoms with Crippen LogP contribution in [0.2, 0.25) is 5.02 Å². The molecule has 1 aromatic heterocycles. The minimum Gasteiger partial charge on any atom is -0.496 e. The molecule has 0 aliphatic rings. The molecule has 2 amide bonds. The zero-order chi connectivity index (χ0) is 20.1. The molecule has 0 spiro atoms. The topological polar surface area (TPSA) is 110 Å². The number of ether oxygens (including phenoxy) is 2. The Labute approximate surface area is 164 Å². The van der Waals surface area contributed by atoms with E-state index in [-0.39, 0.29) is 11.3 Å². The standard InChI is InChI=1S/C19H16ClN3O5/c1-27-16-7-6-12(20)9-13(16)18(25)23-22-17(24)10-28-19(26)15-8-11-4-2-3-5-14(11)21-15/h2-9,21H,10H2,1H3,(H,22,24)(H,23,25). The van der Waals surface area contributed by atoms with Crippen molar-refractivity contribution in [3.05, 3.63) is 64.8 Å². The molecule has 3 rings (SSSR count). The SMILES string of the molecule is COc1ccc(Cl)cc1C(=O)NNC(=O)COC(=O)c1cc2ccccc2[nH]1. The maximum atomic E-state index is 12.2. The number of carbonyl (C=O) groups excluding carboxylic acids is 3. The zero-order valence-corrected chi connectivity index (χ0v) is 15.5. The maximum absolute atomic E-state index is 12.2. The Morgan fingerprint density at radius 2 is 1.86 bits per heavy atom. The summed E-state index contributed by atoms with van der Waals surface area (Å²) < 4.78 is 10.0. The molecule has 0 bridgehead atoms. The minimum absolute atomic E-state index is 0.144. The van der Waals surface area contributed by atoms with Gasteiger partial charge in [-0.25, -0.2) is 4.79 Å². The number of aromatic nitrogens is 1. The van der Waals surface area contributed by atoms with E-state index in [4.69, 9.17) is 21.1 Å². The number of nitrogens with one attached hydrogen (secondary N) is 3. The van der Waals surface area contributed by atoms with Crippen molar-refractivity contribution in [2.45, 2.75) is 0 Å². The average Bonchev–Trinajstić information content (AvgIpc) is 3.14. The van der Waals surface area contributed by atoms with Crippen LogP contribution < -0.4 is 15.6 Å². The van der Waals surface area contributed by atoms with Crippen LogP contribution in [0.25, 0.3) is 10.9 Å². The lowest BCUT2D eigenvalue weighted by Crippen LogP contribution is -2.43. The first kappa shape index (κ1) is 19.2. The van der Waals surface area contributed by atoms with Gasteiger partial charge in [0.25, 0.3) is 11.8 Å². The van der Waals surface area contributed by atoms with Crippen molar-refractivity contribution in [3.63, 3.8) is 0 Å². The highest BCUT2D eigenvalue weighted by Crippen LogP contribution is 2.22. The Balaban J connectivity index is 1.52. The monoisotopic (exact) mass is 401 g/mol. The van der Waals surface area contributed by atoms with Gasteiger partial charge in [0, 0.05) is 15.9 Å². The van der Waals surface area contributed by atoms with Crippen molar-refractivity contribution in [3.8, 4) is 5.75 Å². The third-order valence-corrected chi connectivity index (χ3v) is 4.04. The molecule has 144 valence electrons. The lowest BCUT2D eigenvalue weighted by atomic mass is 10.2. The summed E-state index contributed by atoms with van der Waals surface area (Å²) in [4.78, 5) is 39.0. The van der Waals surface area contributed by atoms with E-state index < -0.39 is 24.4 Å². The first-order valence-corrected chi connectivity index (χ1v) is 8.53. The third-order valence-electron chi connectivity index (χ3n) is 3.81. The molecule has 0 atom stereocenters. The van der Waals surface area contributed by atoms with E-state index in [0.717, 1.165) is 10.9 Å². The molecule has 0 fully saturated rings. The van der Waals surface area contributed by atoms with Crippen molar-refractivity contribution in [1.29, 1.82) is 0 Å². The van der Waals surface area contributed by atoms with E-state index in [1.54, 1.807) is 12.1 Å². The summed E-state index contributed by atoms with van der Waals surface area (Å²) in [6.07, 6.45) is 0. The zero-order valence-electron chi connectivity index (χ0n) is 14.7. The van der Waals surface area contributed by atoms with Crippen molar-refractivity contribution in [1.82, 2.24) is 15.8 Å². The summed E-state index contributed by atoms with van der Waals surface area (Å²) >= 11 is 5.87. The summed E-state index contributed by atoms with van der Waals surface area (Å²) in [7, 11) is 1.40. The molecule has 28 heavy (non-hydrogen) atoms. The fourth-order valence-corrected chi connectivity index (χ4v) is 2.65. The number of hydrogen-bond acceptors (Lipinski definition) is 5. The number of amides is 2. The molecule has 9 heteroatoms. The van der Waals surface area contributed by atoms with Crippen LogP contribution >= 0.6 is 11.6 Å². The number of rotatable bonds is 5.